The molecule has 0 spiro atoms. The molecule has 3 nitrogen and oxygen atoms in total. The van der Waals surface area contributed by atoms with E-state index in [9.17, 15) is 0 Å². The van der Waals surface area contributed by atoms with E-state index in [2.05, 4.69) is 27.9 Å². The first-order chi connectivity index (χ1) is 9.11. The minimum absolute atomic E-state index is 0.781. The molecule has 0 aliphatic rings. The van der Waals surface area contributed by atoms with Crippen molar-refractivity contribution in [2.24, 2.45) is 0 Å². The van der Waals surface area contributed by atoms with Crippen LogP contribution in [0.25, 0.3) is 5.69 Å². The Bertz CT molecular complexity index is 561. The third-order valence-electron chi connectivity index (χ3n) is 3.07. The van der Waals surface area contributed by atoms with Crippen molar-refractivity contribution < 1.29 is 0 Å². The highest BCUT2D eigenvalue weighted by molar-refractivity contribution is 6.31. The first-order valence-electron chi connectivity index (χ1n) is 6.68. The highest BCUT2D eigenvalue weighted by Gasteiger charge is 2.08. The van der Waals surface area contributed by atoms with Crippen molar-refractivity contribution in [2.45, 2.75) is 33.6 Å². The molecule has 0 unspecified atom stereocenters. The predicted octanol–water partition coefficient (Wildman–Crippen LogP) is 4.35. The molecule has 0 saturated carbocycles. The maximum Gasteiger partial charge on any atom is 0.207 e. The predicted molar refractivity (Wildman–Crippen MR) is 81.4 cm³/mol. The fraction of sp³-hybridized carbons (Fsp3) is 0.400. The van der Waals surface area contributed by atoms with Gasteiger partial charge in [-0.25, -0.2) is 4.98 Å². The maximum absolute atomic E-state index is 6.20. The molecule has 0 amide bonds. The molecule has 1 heterocycles. The van der Waals surface area contributed by atoms with Crippen molar-refractivity contribution in [2.75, 3.05) is 11.9 Å². The number of nitrogens with one attached hydrogen (secondary N) is 1. The van der Waals surface area contributed by atoms with Crippen LogP contribution >= 0.6 is 11.6 Å². The Morgan fingerprint density at radius 1 is 1.32 bits per heavy atom. The van der Waals surface area contributed by atoms with Gasteiger partial charge in [0.2, 0.25) is 5.95 Å². The molecule has 0 bridgehead atoms. The van der Waals surface area contributed by atoms with E-state index in [1.54, 1.807) is 0 Å². The summed E-state index contributed by atoms with van der Waals surface area (Å²) in [5.74, 6) is 0.880. The lowest BCUT2D eigenvalue weighted by Gasteiger charge is -2.10. The Balaban J connectivity index is 2.29. The monoisotopic (exact) mass is 277 g/mol. The Morgan fingerprint density at radius 2 is 2.11 bits per heavy atom. The van der Waals surface area contributed by atoms with Crippen molar-refractivity contribution in [3.8, 4) is 5.69 Å². The summed E-state index contributed by atoms with van der Waals surface area (Å²) in [7, 11) is 0. The van der Waals surface area contributed by atoms with Crippen molar-refractivity contribution in [1.29, 1.82) is 0 Å². The standard InChI is InChI=1S/C15H20ClN3/c1-4-5-8-17-15-18-12(3)10-19(15)13-7-6-11(2)14(16)9-13/h6-7,9-10H,4-5,8H2,1-3H3,(H,17,18). The summed E-state index contributed by atoms with van der Waals surface area (Å²) in [6, 6.07) is 6.07. The van der Waals surface area contributed by atoms with Gasteiger partial charge >= 0.3 is 0 Å². The number of benzene rings is 1. The van der Waals surface area contributed by atoms with E-state index in [4.69, 9.17) is 11.6 Å². The van der Waals surface area contributed by atoms with Crippen LogP contribution in [0, 0.1) is 13.8 Å². The van der Waals surface area contributed by atoms with Gasteiger partial charge in [-0.15, -0.1) is 0 Å². The van der Waals surface area contributed by atoms with Gasteiger partial charge in [-0.1, -0.05) is 31.0 Å². The van der Waals surface area contributed by atoms with Crippen LogP contribution < -0.4 is 5.32 Å². The van der Waals surface area contributed by atoms with Gasteiger partial charge in [-0.3, -0.25) is 4.57 Å². The average molecular weight is 278 g/mol. The van der Waals surface area contributed by atoms with Crippen LogP contribution in [-0.2, 0) is 0 Å². The van der Waals surface area contributed by atoms with E-state index >= 15 is 0 Å². The number of rotatable bonds is 5. The molecule has 2 aromatic rings. The zero-order chi connectivity index (χ0) is 13.8. The van der Waals surface area contributed by atoms with Crippen molar-refractivity contribution >= 4 is 17.5 Å². The molecular formula is C15H20ClN3. The van der Waals surface area contributed by atoms with Gasteiger partial charge in [0.1, 0.15) is 0 Å². The molecule has 0 aliphatic heterocycles. The van der Waals surface area contributed by atoms with E-state index in [-0.39, 0.29) is 0 Å². The number of unbranched alkanes of at least 4 members (excludes halogenated alkanes) is 1. The molecule has 102 valence electrons. The second-order valence-electron chi connectivity index (χ2n) is 4.79. The topological polar surface area (TPSA) is 29.9 Å². The fourth-order valence-corrected chi connectivity index (χ4v) is 2.10. The van der Waals surface area contributed by atoms with E-state index in [1.165, 1.54) is 6.42 Å². The van der Waals surface area contributed by atoms with Gasteiger partial charge in [0.15, 0.2) is 0 Å². The highest BCUT2D eigenvalue weighted by atomic mass is 35.5. The number of halogens is 1. The van der Waals surface area contributed by atoms with Gasteiger partial charge < -0.3 is 5.32 Å². The second-order valence-corrected chi connectivity index (χ2v) is 5.20. The van der Waals surface area contributed by atoms with Crippen LogP contribution in [0.1, 0.15) is 31.0 Å². The largest absolute Gasteiger partial charge is 0.355 e. The molecule has 19 heavy (non-hydrogen) atoms. The summed E-state index contributed by atoms with van der Waals surface area (Å²) in [6.07, 6.45) is 4.33. The number of aryl methyl sites for hydroxylation is 2. The fourth-order valence-electron chi connectivity index (χ4n) is 1.93. The number of imidazole rings is 1. The number of hydrogen-bond acceptors (Lipinski definition) is 2. The number of hydrogen-bond donors (Lipinski definition) is 1. The molecule has 0 radical (unpaired) electrons. The Kier molecular flexibility index (Phi) is 4.48. The molecule has 2 rings (SSSR count). The number of nitrogens with zero attached hydrogens (tertiary/aromatic N) is 2. The van der Waals surface area contributed by atoms with E-state index in [0.29, 0.717) is 0 Å². The van der Waals surface area contributed by atoms with Crippen LogP contribution in [0.2, 0.25) is 5.02 Å². The van der Waals surface area contributed by atoms with Crippen LogP contribution in [-0.4, -0.2) is 16.1 Å². The summed E-state index contributed by atoms with van der Waals surface area (Å²) in [6.45, 7) is 7.12. The minimum atomic E-state index is 0.781. The highest BCUT2D eigenvalue weighted by Crippen LogP contribution is 2.22. The average Bonchev–Trinajstić information content (AvgIpc) is 2.74. The smallest absolute Gasteiger partial charge is 0.207 e. The lowest BCUT2D eigenvalue weighted by Crippen LogP contribution is -2.07. The molecule has 1 aromatic heterocycles. The Hall–Kier alpha value is -1.48. The summed E-state index contributed by atoms with van der Waals surface area (Å²) in [5.41, 5.74) is 3.12. The second kappa shape index (κ2) is 6.11. The maximum atomic E-state index is 6.20. The summed E-state index contributed by atoms with van der Waals surface area (Å²) in [4.78, 5) is 4.52. The third-order valence-corrected chi connectivity index (χ3v) is 3.48. The Labute approximate surface area is 119 Å². The summed E-state index contributed by atoms with van der Waals surface area (Å²) < 4.78 is 2.05. The van der Waals surface area contributed by atoms with E-state index in [0.717, 1.165) is 40.9 Å². The first kappa shape index (κ1) is 13.9. The molecule has 4 heteroatoms. The summed E-state index contributed by atoms with van der Waals surface area (Å²) >= 11 is 6.20. The minimum Gasteiger partial charge on any atom is -0.355 e. The van der Waals surface area contributed by atoms with Gasteiger partial charge in [0.25, 0.3) is 0 Å². The van der Waals surface area contributed by atoms with Crippen molar-refractivity contribution in [1.82, 2.24) is 9.55 Å². The number of aromatic nitrogens is 2. The molecule has 0 atom stereocenters. The number of anilines is 1. The van der Waals surface area contributed by atoms with Gasteiger partial charge in [-0.2, -0.15) is 0 Å². The first-order valence-corrected chi connectivity index (χ1v) is 7.06. The van der Waals surface area contributed by atoms with Crippen LogP contribution in [0.3, 0.4) is 0 Å². The van der Waals surface area contributed by atoms with Gasteiger partial charge in [0.05, 0.1) is 5.69 Å². The van der Waals surface area contributed by atoms with Crippen LogP contribution in [0.5, 0.6) is 0 Å². The van der Waals surface area contributed by atoms with Crippen molar-refractivity contribution in [3.05, 3.63) is 40.7 Å². The Morgan fingerprint density at radius 3 is 2.79 bits per heavy atom. The van der Waals surface area contributed by atoms with Crippen molar-refractivity contribution in [3.63, 3.8) is 0 Å². The molecule has 0 aliphatic carbocycles. The zero-order valence-electron chi connectivity index (χ0n) is 11.7. The molecule has 1 N–H and O–H groups in total. The molecule has 0 saturated heterocycles. The van der Waals surface area contributed by atoms with Crippen LogP contribution in [0.4, 0.5) is 5.95 Å². The van der Waals surface area contributed by atoms with Crippen LogP contribution in [0.15, 0.2) is 24.4 Å². The van der Waals surface area contributed by atoms with Gasteiger partial charge in [-0.05, 0) is 38.0 Å². The quantitative estimate of drug-likeness (QED) is 0.823. The summed E-state index contributed by atoms with van der Waals surface area (Å²) in [5, 5.41) is 4.16. The normalized spacial score (nSPS) is 10.7. The lowest BCUT2D eigenvalue weighted by molar-refractivity contribution is 0.823. The SMILES string of the molecule is CCCCNc1nc(C)cn1-c1ccc(C)c(Cl)c1. The van der Waals surface area contributed by atoms with E-state index in [1.807, 2.05) is 32.2 Å². The van der Waals surface area contributed by atoms with E-state index < -0.39 is 0 Å². The zero-order valence-corrected chi connectivity index (χ0v) is 12.5. The lowest BCUT2D eigenvalue weighted by atomic mass is 10.2. The third kappa shape index (κ3) is 3.29. The van der Waals surface area contributed by atoms with Gasteiger partial charge in [0, 0.05) is 23.5 Å². The molecular weight excluding hydrogens is 258 g/mol. The molecule has 0 fully saturated rings. The molecule has 1 aromatic carbocycles.